The van der Waals surface area contributed by atoms with Gasteiger partial charge in [-0.2, -0.15) is 5.10 Å². The van der Waals surface area contributed by atoms with Gasteiger partial charge in [0.15, 0.2) is 0 Å². The monoisotopic (exact) mass is 272 g/mol. The lowest BCUT2D eigenvalue weighted by molar-refractivity contribution is -0.123. The highest BCUT2D eigenvalue weighted by molar-refractivity contribution is 5.83. The molecule has 0 saturated heterocycles. The molecule has 0 aliphatic carbocycles. The van der Waals surface area contributed by atoms with E-state index in [9.17, 15) is 4.79 Å². The quantitative estimate of drug-likeness (QED) is 0.888. The Kier molecular flexibility index (Phi) is 4.20. The van der Waals surface area contributed by atoms with E-state index in [1.54, 1.807) is 4.68 Å². The Balaban J connectivity index is 2.06. The van der Waals surface area contributed by atoms with Gasteiger partial charge < -0.3 is 11.1 Å². The molecule has 0 fully saturated rings. The molecule has 2 atom stereocenters. The Hall–Kier alpha value is -2.14. The molecule has 0 radical (unpaired) electrons. The van der Waals surface area contributed by atoms with E-state index in [1.165, 1.54) is 0 Å². The maximum absolute atomic E-state index is 12.2. The van der Waals surface area contributed by atoms with E-state index in [0.717, 1.165) is 16.8 Å². The maximum Gasteiger partial charge on any atom is 0.241 e. The number of benzene rings is 1. The number of nitrogens with one attached hydrogen (secondary N) is 1. The first-order valence-electron chi connectivity index (χ1n) is 6.60. The fourth-order valence-corrected chi connectivity index (χ4v) is 2.24. The van der Waals surface area contributed by atoms with Crippen LogP contribution in [0, 0.1) is 6.92 Å². The molecule has 0 bridgehead atoms. The minimum absolute atomic E-state index is 0.119. The molecule has 2 unspecified atom stereocenters. The summed E-state index contributed by atoms with van der Waals surface area (Å²) in [5, 5.41) is 7.21. The number of amides is 1. The van der Waals surface area contributed by atoms with E-state index in [4.69, 9.17) is 5.73 Å². The zero-order chi connectivity index (χ0) is 14.7. The van der Waals surface area contributed by atoms with Crippen molar-refractivity contribution in [3.63, 3.8) is 0 Å². The third kappa shape index (κ3) is 3.05. The van der Waals surface area contributed by atoms with Crippen LogP contribution in [-0.4, -0.2) is 15.7 Å². The SMILES string of the molecule is Cc1nn(C)cc1C(C)NC(=O)C(N)c1ccccc1. The molecule has 106 valence electrons. The zero-order valence-corrected chi connectivity index (χ0v) is 12.0. The van der Waals surface area contributed by atoms with Crippen LogP contribution in [0.4, 0.5) is 0 Å². The van der Waals surface area contributed by atoms with Crippen LogP contribution >= 0.6 is 0 Å². The number of carbonyl (C=O) groups is 1. The van der Waals surface area contributed by atoms with Crippen molar-refractivity contribution in [2.45, 2.75) is 25.9 Å². The summed E-state index contributed by atoms with van der Waals surface area (Å²) in [5.41, 5.74) is 8.69. The highest BCUT2D eigenvalue weighted by Gasteiger charge is 2.19. The van der Waals surface area contributed by atoms with E-state index < -0.39 is 6.04 Å². The summed E-state index contributed by atoms with van der Waals surface area (Å²) in [6, 6.07) is 8.57. The highest BCUT2D eigenvalue weighted by Crippen LogP contribution is 2.17. The lowest BCUT2D eigenvalue weighted by Crippen LogP contribution is -2.35. The van der Waals surface area contributed by atoms with Gasteiger partial charge in [-0.15, -0.1) is 0 Å². The predicted molar refractivity (Wildman–Crippen MR) is 77.9 cm³/mol. The molecule has 3 N–H and O–H groups in total. The molecule has 0 aliphatic heterocycles. The van der Waals surface area contributed by atoms with Gasteiger partial charge in [0, 0.05) is 18.8 Å². The van der Waals surface area contributed by atoms with Crippen LogP contribution < -0.4 is 11.1 Å². The molecule has 1 amide bonds. The van der Waals surface area contributed by atoms with Crippen LogP contribution in [0.15, 0.2) is 36.5 Å². The van der Waals surface area contributed by atoms with Crippen molar-refractivity contribution >= 4 is 5.91 Å². The Bertz CT molecular complexity index is 591. The van der Waals surface area contributed by atoms with Gasteiger partial charge in [0.2, 0.25) is 5.91 Å². The van der Waals surface area contributed by atoms with Crippen LogP contribution in [0.1, 0.15) is 35.8 Å². The minimum atomic E-state index is -0.657. The molecule has 20 heavy (non-hydrogen) atoms. The molecule has 2 aromatic rings. The zero-order valence-electron chi connectivity index (χ0n) is 12.0. The number of nitrogens with two attached hydrogens (primary N) is 1. The summed E-state index contributed by atoms with van der Waals surface area (Å²) in [7, 11) is 1.86. The predicted octanol–water partition coefficient (Wildman–Crippen LogP) is 1.61. The molecule has 0 spiro atoms. The van der Waals surface area contributed by atoms with Gasteiger partial charge in [0.25, 0.3) is 0 Å². The number of carbonyl (C=O) groups excluding carboxylic acids is 1. The van der Waals surface area contributed by atoms with E-state index in [2.05, 4.69) is 10.4 Å². The van der Waals surface area contributed by atoms with Crippen LogP contribution in [0.3, 0.4) is 0 Å². The third-order valence-electron chi connectivity index (χ3n) is 3.32. The van der Waals surface area contributed by atoms with Crippen molar-refractivity contribution in [2.24, 2.45) is 12.8 Å². The molecule has 2 rings (SSSR count). The largest absolute Gasteiger partial charge is 0.348 e. The van der Waals surface area contributed by atoms with Crippen molar-refractivity contribution in [3.05, 3.63) is 53.3 Å². The molecule has 0 aliphatic rings. The number of aryl methyl sites for hydroxylation is 2. The highest BCUT2D eigenvalue weighted by atomic mass is 16.2. The van der Waals surface area contributed by atoms with Crippen molar-refractivity contribution in [3.8, 4) is 0 Å². The third-order valence-corrected chi connectivity index (χ3v) is 3.32. The van der Waals surface area contributed by atoms with E-state index in [1.807, 2.05) is 57.4 Å². The molecule has 5 nitrogen and oxygen atoms in total. The first kappa shape index (κ1) is 14.3. The van der Waals surface area contributed by atoms with E-state index in [-0.39, 0.29) is 11.9 Å². The first-order chi connectivity index (χ1) is 9.49. The van der Waals surface area contributed by atoms with Crippen LogP contribution in [-0.2, 0) is 11.8 Å². The first-order valence-corrected chi connectivity index (χ1v) is 6.60. The summed E-state index contributed by atoms with van der Waals surface area (Å²) in [5.74, 6) is -0.188. The minimum Gasteiger partial charge on any atom is -0.348 e. The summed E-state index contributed by atoms with van der Waals surface area (Å²) >= 11 is 0. The van der Waals surface area contributed by atoms with E-state index in [0.29, 0.717) is 0 Å². The van der Waals surface area contributed by atoms with Crippen LogP contribution in [0.25, 0.3) is 0 Å². The molecule has 0 saturated carbocycles. The smallest absolute Gasteiger partial charge is 0.241 e. The Labute approximate surface area is 118 Å². The fourth-order valence-electron chi connectivity index (χ4n) is 2.24. The van der Waals surface area contributed by atoms with Crippen LogP contribution in [0.5, 0.6) is 0 Å². The van der Waals surface area contributed by atoms with Crippen LogP contribution in [0.2, 0.25) is 0 Å². The molecular formula is C15H20N4O. The van der Waals surface area contributed by atoms with Crippen molar-refractivity contribution in [2.75, 3.05) is 0 Å². The molecule has 5 heteroatoms. The Morgan fingerprint density at radius 2 is 2.00 bits per heavy atom. The second kappa shape index (κ2) is 5.88. The summed E-state index contributed by atoms with van der Waals surface area (Å²) in [6.07, 6.45) is 1.91. The molecule has 1 aromatic carbocycles. The number of hydrogen-bond acceptors (Lipinski definition) is 3. The Morgan fingerprint density at radius 3 is 2.55 bits per heavy atom. The standard InChI is InChI=1S/C15H20N4O/c1-10(13-9-19(3)18-11(13)2)17-15(20)14(16)12-7-5-4-6-8-12/h4-10,14H,16H2,1-3H3,(H,17,20). The van der Waals surface area contributed by atoms with Gasteiger partial charge in [0.1, 0.15) is 6.04 Å². The topological polar surface area (TPSA) is 72.9 Å². The molecule has 1 heterocycles. The van der Waals surface area contributed by atoms with Crippen molar-refractivity contribution in [1.29, 1.82) is 0 Å². The fraction of sp³-hybridized carbons (Fsp3) is 0.333. The lowest BCUT2D eigenvalue weighted by atomic mass is 10.1. The van der Waals surface area contributed by atoms with Gasteiger partial charge in [-0.25, -0.2) is 0 Å². The van der Waals surface area contributed by atoms with Gasteiger partial charge >= 0.3 is 0 Å². The number of hydrogen-bond donors (Lipinski definition) is 2. The van der Waals surface area contributed by atoms with Crippen molar-refractivity contribution in [1.82, 2.24) is 15.1 Å². The van der Waals surface area contributed by atoms with E-state index >= 15 is 0 Å². The maximum atomic E-state index is 12.2. The lowest BCUT2D eigenvalue weighted by Gasteiger charge is -2.17. The summed E-state index contributed by atoms with van der Waals surface area (Å²) in [6.45, 7) is 3.86. The Morgan fingerprint density at radius 1 is 1.35 bits per heavy atom. The van der Waals surface area contributed by atoms with Gasteiger partial charge in [0.05, 0.1) is 11.7 Å². The average Bonchev–Trinajstić information content (AvgIpc) is 2.78. The number of aromatic nitrogens is 2. The number of rotatable bonds is 4. The normalized spacial score (nSPS) is 13.8. The molecular weight excluding hydrogens is 252 g/mol. The second-order valence-electron chi connectivity index (χ2n) is 4.96. The number of nitrogens with zero attached hydrogens (tertiary/aromatic N) is 2. The average molecular weight is 272 g/mol. The summed E-state index contributed by atoms with van der Waals surface area (Å²) < 4.78 is 1.74. The second-order valence-corrected chi connectivity index (χ2v) is 4.96. The van der Waals surface area contributed by atoms with Crippen molar-refractivity contribution < 1.29 is 4.79 Å². The summed E-state index contributed by atoms with van der Waals surface area (Å²) in [4.78, 5) is 12.2. The molecule has 1 aromatic heterocycles. The van der Waals surface area contributed by atoms with Gasteiger partial charge in [-0.1, -0.05) is 30.3 Å². The van der Waals surface area contributed by atoms with Gasteiger partial charge in [-0.05, 0) is 19.4 Å². The van der Waals surface area contributed by atoms with Gasteiger partial charge in [-0.3, -0.25) is 9.48 Å².